The summed E-state index contributed by atoms with van der Waals surface area (Å²) in [7, 11) is 0. The van der Waals surface area contributed by atoms with Crippen LogP contribution in [0.25, 0.3) is 0 Å². The number of amides is 1. The summed E-state index contributed by atoms with van der Waals surface area (Å²) in [6.45, 7) is 2.00. The van der Waals surface area contributed by atoms with Crippen molar-refractivity contribution in [2.75, 3.05) is 16.9 Å². The van der Waals surface area contributed by atoms with Gasteiger partial charge in [0.05, 0.1) is 5.69 Å². The van der Waals surface area contributed by atoms with Gasteiger partial charge in [-0.2, -0.15) is 0 Å². The fourth-order valence-corrected chi connectivity index (χ4v) is 3.11. The summed E-state index contributed by atoms with van der Waals surface area (Å²) in [6.07, 6.45) is 11.5. The van der Waals surface area contributed by atoms with Crippen LogP contribution in [0.3, 0.4) is 0 Å². The van der Waals surface area contributed by atoms with E-state index in [-0.39, 0.29) is 5.91 Å². The van der Waals surface area contributed by atoms with Crippen LogP contribution in [0.5, 0.6) is 0 Å². The predicted octanol–water partition coefficient (Wildman–Crippen LogP) is 5.18. The van der Waals surface area contributed by atoms with E-state index in [4.69, 9.17) is 0 Å². The van der Waals surface area contributed by atoms with Gasteiger partial charge in [-0.25, -0.2) is 4.98 Å². The third-order valence-electron chi connectivity index (χ3n) is 3.37. The smallest absolute Gasteiger partial charge is 0.224 e. The van der Waals surface area contributed by atoms with E-state index in [0.717, 1.165) is 34.4 Å². The van der Waals surface area contributed by atoms with Crippen molar-refractivity contribution in [3.05, 3.63) is 17.8 Å². The van der Waals surface area contributed by atoms with Crippen molar-refractivity contribution in [3.8, 4) is 0 Å². The van der Waals surface area contributed by atoms with E-state index in [0.29, 0.717) is 6.42 Å². The van der Waals surface area contributed by atoms with Crippen LogP contribution < -0.4 is 5.32 Å². The first-order valence-electron chi connectivity index (χ1n) is 7.54. The Balaban J connectivity index is 2.28. The third-order valence-corrected chi connectivity index (χ3v) is 4.63. The topological polar surface area (TPSA) is 42.0 Å². The number of halogens is 1. The molecule has 1 N–H and O–H groups in total. The molecule has 0 saturated heterocycles. The van der Waals surface area contributed by atoms with Crippen LogP contribution in [-0.4, -0.2) is 22.5 Å². The lowest BCUT2D eigenvalue weighted by Crippen LogP contribution is -2.13. The lowest BCUT2D eigenvalue weighted by Gasteiger charge is -2.11. The van der Waals surface area contributed by atoms with Crippen molar-refractivity contribution in [2.24, 2.45) is 0 Å². The Morgan fingerprint density at radius 2 is 1.90 bits per heavy atom. The molecule has 0 aliphatic heterocycles. The monoisotopic (exact) mass is 372 g/mol. The molecule has 0 aliphatic carbocycles. The Labute approximate surface area is 140 Å². The summed E-state index contributed by atoms with van der Waals surface area (Å²) < 4.78 is 0. The van der Waals surface area contributed by atoms with E-state index < -0.39 is 0 Å². The molecule has 0 aliphatic rings. The molecule has 1 rings (SSSR count). The minimum absolute atomic E-state index is 0.0989. The number of rotatable bonds is 10. The van der Waals surface area contributed by atoms with Crippen LogP contribution in [0.4, 0.5) is 5.69 Å². The lowest BCUT2D eigenvalue weighted by atomic mass is 10.1. The molecule has 1 aromatic rings. The highest BCUT2D eigenvalue weighted by atomic mass is 79.9. The van der Waals surface area contributed by atoms with Crippen molar-refractivity contribution in [3.63, 3.8) is 0 Å². The zero-order valence-electron chi connectivity index (χ0n) is 13.0. The molecular formula is C16H25BrN2OS. The molecule has 0 unspecified atom stereocenters. The number of carbonyl (C=O) groups is 1. The second kappa shape index (κ2) is 11.1. The Kier molecular flexibility index (Phi) is 9.76. The van der Waals surface area contributed by atoms with Crippen molar-refractivity contribution in [2.45, 2.75) is 56.9 Å². The van der Waals surface area contributed by atoms with Gasteiger partial charge in [0.2, 0.25) is 5.91 Å². The number of nitrogens with zero attached hydrogens (tertiary/aromatic N) is 1. The second-order valence-corrected chi connectivity index (χ2v) is 6.71. The van der Waals surface area contributed by atoms with Crippen molar-refractivity contribution in [1.82, 2.24) is 4.98 Å². The number of hydrogen-bond donors (Lipinski definition) is 1. The Bertz CT molecular complexity index is 440. The molecule has 1 amide bonds. The van der Waals surface area contributed by atoms with Gasteiger partial charge in [-0.15, -0.1) is 11.8 Å². The molecule has 1 aromatic heterocycles. The summed E-state index contributed by atoms with van der Waals surface area (Å²) >= 11 is 5.00. The van der Waals surface area contributed by atoms with E-state index in [2.05, 4.69) is 26.2 Å². The van der Waals surface area contributed by atoms with Gasteiger partial charge in [-0.3, -0.25) is 4.79 Å². The zero-order chi connectivity index (χ0) is 15.5. The molecule has 3 nitrogen and oxygen atoms in total. The van der Waals surface area contributed by atoms with Gasteiger partial charge in [0.15, 0.2) is 0 Å². The van der Waals surface area contributed by atoms with Crippen molar-refractivity contribution in [1.29, 1.82) is 0 Å². The van der Waals surface area contributed by atoms with Crippen LogP contribution in [0.15, 0.2) is 17.3 Å². The first-order valence-corrected chi connectivity index (χ1v) is 9.89. The average Bonchev–Trinajstić information content (AvgIpc) is 2.48. The van der Waals surface area contributed by atoms with Crippen LogP contribution in [0.2, 0.25) is 0 Å². The zero-order valence-corrected chi connectivity index (χ0v) is 15.4. The maximum atomic E-state index is 12.0. The molecule has 1 heterocycles. The number of alkyl halides is 1. The number of anilines is 1. The molecule has 21 heavy (non-hydrogen) atoms. The number of nitrogens with one attached hydrogen (secondary N) is 1. The van der Waals surface area contributed by atoms with Gasteiger partial charge >= 0.3 is 0 Å². The maximum absolute atomic E-state index is 12.0. The molecule has 0 aromatic carbocycles. The molecule has 0 fully saturated rings. The van der Waals surface area contributed by atoms with Gasteiger partial charge in [-0.05, 0) is 37.7 Å². The normalized spacial score (nSPS) is 10.6. The van der Waals surface area contributed by atoms with E-state index in [1.807, 2.05) is 19.2 Å². The number of unbranched alkanes of at least 4 members (excludes halogenated alkanes) is 5. The largest absolute Gasteiger partial charge is 0.324 e. The Morgan fingerprint density at radius 3 is 2.57 bits per heavy atom. The fraction of sp³-hybridized carbons (Fsp3) is 0.625. The first-order chi connectivity index (χ1) is 10.2. The lowest BCUT2D eigenvalue weighted by molar-refractivity contribution is -0.116. The molecule has 5 heteroatoms. The summed E-state index contributed by atoms with van der Waals surface area (Å²) in [5.41, 5.74) is 1.93. The van der Waals surface area contributed by atoms with Crippen LogP contribution in [0.1, 0.15) is 50.5 Å². The SMILES string of the molecule is CSc1nccc(C)c1NC(=O)CCCCCCCCBr. The van der Waals surface area contributed by atoms with Crippen molar-refractivity contribution >= 4 is 39.3 Å². The van der Waals surface area contributed by atoms with E-state index in [1.54, 1.807) is 18.0 Å². The molecule has 0 spiro atoms. The van der Waals surface area contributed by atoms with Crippen molar-refractivity contribution < 1.29 is 4.79 Å². The second-order valence-electron chi connectivity index (χ2n) is 5.12. The van der Waals surface area contributed by atoms with Gasteiger partial charge in [0.1, 0.15) is 5.03 Å². The van der Waals surface area contributed by atoms with Gasteiger partial charge in [-0.1, -0.05) is 41.6 Å². The van der Waals surface area contributed by atoms with Gasteiger partial charge in [0, 0.05) is 17.9 Å². The number of pyridine rings is 1. The standard InChI is InChI=1S/C16H25BrN2OS/c1-13-10-12-18-16(21-2)15(13)19-14(20)9-7-5-3-4-6-8-11-17/h10,12H,3-9,11H2,1-2H3,(H,19,20). The molecule has 0 atom stereocenters. The summed E-state index contributed by atoms with van der Waals surface area (Å²) in [5.74, 6) is 0.0989. The number of thioether (sulfide) groups is 1. The van der Waals surface area contributed by atoms with E-state index in [9.17, 15) is 4.79 Å². The quantitative estimate of drug-likeness (QED) is 0.349. The third kappa shape index (κ3) is 7.32. The van der Waals surface area contributed by atoms with E-state index in [1.165, 1.54) is 25.7 Å². The molecular weight excluding hydrogens is 348 g/mol. The Hall–Kier alpha value is -0.550. The van der Waals surface area contributed by atoms with Crippen LogP contribution >= 0.6 is 27.7 Å². The van der Waals surface area contributed by atoms with Crippen LogP contribution in [0, 0.1) is 6.92 Å². The minimum atomic E-state index is 0.0989. The molecule has 0 radical (unpaired) electrons. The predicted molar refractivity (Wildman–Crippen MR) is 95.5 cm³/mol. The number of carbonyl (C=O) groups excluding carboxylic acids is 1. The summed E-state index contributed by atoms with van der Waals surface area (Å²) in [6, 6.07) is 1.93. The first kappa shape index (κ1) is 18.5. The molecule has 0 saturated carbocycles. The maximum Gasteiger partial charge on any atom is 0.224 e. The number of aromatic nitrogens is 1. The summed E-state index contributed by atoms with van der Waals surface area (Å²) in [4.78, 5) is 16.3. The van der Waals surface area contributed by atoms with Crippen LogP contribution in [-0.2, 0) is 4.79 Å². The molecule has 118 valence electrons. The average molecular weight is 373 g/mol. The highest BCUT2D eigenvalue weighted by Gasteiger charge is 2.09. The number of aryl methyl sites for hydroxylation is 1. The highest BCUT2D eigenvalue weighted by molar-refractivity contribution is 9.09. The van der Waals surface area contributed by atoms with Gasteiger partial charge < -0.3 is 5.32 Å². The Morgan fingerprint density at radius 1 is 1.24 bits per heavy atom. The minimum Gasteiger partial charge on any atom is -0.324 e. The molecule has 0 bridgehead atoms. The highest BCUT2D eigenvalue weighted by Crippen LogP contribution is 2.26. The van der Waals surface area contributed by atoms with Gasteiger partial charge in [0.25, 0.3) is 0 Å². The van der Waals surface area contributed by atoms with E-state index >= 15 is 0 Å². The fourth-order valence-electron chi connectivity index (χ4n) is 2.13. The summed E-state index contributed by atoms with van der Waals surface area (Å²) in [5, 5.41) is 4.99. The number of hydrogen-bond acceptors (Lipinski definition) is 3.